The van der Waals surface area contributed by atoms with Crippen LogP contribution in [0, 0.1) is 0 Å². The number of anilines is 1. The fraction of sp³-hybridized carbons (Fsp3) is 0.154. The van der Waals surface area contributed by atoms with Crippen LogP contribution < -0.4 is 5.73 Å². The molecule has 0 unspecified atom stereocenters. The van der Waals surface area contributed by atoms with Gasteiger partial charge in [-0.3, -0.25) is 4.79 Å². The lowest BCUT2D eigenvalue weighted by Crippen LogP contribution is -1.98. The molecule has 16 heavy (non-hydrogen) atoms. The molecular formula is C13H13NOS. The van der Waals surface area contributed by atoms with E-state index in [0.29, 0.717) is 11.3 Å². The van der Waals surface area contributed by atoms with Gasteiger partial charge >= 0.3 is 0 Å². The van der Waals surface area contributed by atoms with Crippen molar-refractivity contribution in [1.29, 1.82) is 0 Å². The van der Waals surface area contributed by atoms with Crippen LogP contribution in [0.3, 0.4) is 0 Å². The monoisotopic (exact) mass is 231 g/mol. The van der Waals surface area contributed by atoms with Crippen molar-refractivity contribution < 1.29 is 4.79 Å². The lowest BCUT2D eigenvalue weighted by atomic mass is 10.1. The molecule has 0 saturated carbocycles. The molecule has 82 valence electrons. The maximum absolute atomic E-state index is 12.1. The second-order valence-electron chi connectivity index (χ2n) is 3.57. The summed E-state index contributed by atoms with van der Waals surface area (Å²) < 4.78 is 0. The standard InChI is InChI=1S/C13H13NOS/c1-2-11-7-8-12(16-11)13(15)9-3-5-10(14)6-4-9/h3-8H,2,14H2,1H3. The molecule has 3 heteroatoms. The van der Waals surface area contributed by atoms with Gasteiger partial charge in [0.15, 0.2) is 0 Å². The molecule has 0 fully saturated rings. The first-order valence-corrected chi connectivity index (χ1v) is 6.01. The molecule has 0 atom stereocenters. The van der Waals surface area contributed by atoms with Gasteiger partial charge in [0.05, 0.1) is 4.88 Å². The third-order valence-electron chi connectivity index (χ3n) is 2.41. The number of carbonyl (C=O) groups excluding carboxylic acids is 1. The summed E-state index contributed by atoms with van der Waals surface area (Å²) in [4.78, 5) is 14.1. The first kappa shape index (κ1) is 10.9. The summed E-state index contributed by atoms with van der Waals surface area (Å²) in [6.07, 6.45) is 0.972. The van der Waals surface area contributed by atoms with E-state index in [9.17, 15) is 4.79 Å². The van der Waals surface area contributed by atoms with Crippen molar-refractivity contribution in [2.45, 2.75) is 13.3 Å². The number of benzene rings is 1. The molecule has 0 amide bonds. The topological polar surface area (TPSA) is 43.1 Å². The molecule has 2 nitrogen and oxygen atoms in total. The van der Waals surface area contributed by atoms with Crippen LogP contribution >= 0.6 is 11.3 Å². The summed E-state index contributed by atoms with van der Waals surface area (Å²) in [6.45, 7) is 2.09. The number of carbonyl (C=O) groups is 1. The van der Waals surface area contributed by atoms with E-state index in [1.807, 2.05) is 12.1 Å². The van der Waals surface area contributed by atoms with Gasteiger partial charge in [-0.25, -0.2) is 0 Å². The van der Waals surface area contributed by atoms with Gasteiger partial charge in [0.2, 0.25) is 5.78 Å². The zero-order valence-corrected chi connectivity index (χ0v) is 9.88. The Morgan fingerprint density at radius 1 is 1.19 bits per heavy atom. The van der Waals surface area contributed by atoms with E-state index in [-0.39, 0.29) is 5.78 Å². The van der Waals surface area contributed by atoms with Gasteiger partial charge in [-0.2, -0.15) is 0 Å². The molecule has 2 N–H and O–H groups in total. The Labute approximate surface area is 98.7 Å². The highest BCUT2D eigenvalue weighted by Gasteiger charge is 2.10. The summed E-state index contributed by atoms with van der Waals surface area (Å²) in [5.74, 6) is 0.0738. The van der Waals surface area contributed by atoms with Gasteiger partial charge in [0.25, 0.3) is 0 Å². The molecule has 0 bridgehead atoms. The first-order chi connectivity index (χ1) is 7.70. The zero-order valence-electron chi connectivity index (χ0n) is 9.07. The summed E-state index contributed by atoms with van der Waals surface area (Å²) in [5, 5.41) is 0. The lowest BCUT2D eigenvalue weighted by Gasteiger charge is -1.98. The largest absolute Gasteiger partial charge is 0.399 e. The quantitative estimate of drug-likeness (QED) is 0.651. The number of aryl methyl sites for hydroxylation is 1. The van der Waals surface area contributed by atoms with Gasteiger partial charge < -0.3 is 5.73 Å². The summed E-state index contributed by atoms with van der Waals surface area (Å²) in [6, 6.07) is 10.9. The maximum atomic E-state index is 12.1. The van der Waals surface area contributed by atoms with Crippen molar-refractivity contribution >= 4 is 22.8 Å². The Morgan fingerprint density at radius 3 is 2.44 bits per heavy atom. The third-order valence-corrected chi connectivity index (χ3v) is 3.64. The van der Waals surface area contributed by atoms with E-state index in [2.05, 4.69) is 6.92 Å². The molecule has 0 aliphatic heterocycles. The SMILES string of the molecule is CCc1ccc(C(=O)c2ccc(N)cc2)s1. The van der Waals surface area contributed by atoms with Crippen molar-refractivity contribution in [2.24, 2.45) is 0 Å². The van der Waals surface area contributed by atoms with Crippen molar-refractivity contribution in [3.63, 3.8) is 0 Å². The average molecular weight is 231 g/mol. The molecule has 2 rings (SSSR count). The highest BCUT2D eigenvalue weighted by molar-refractivity contribution is 7.14. The molecule has 0 spiro atoms. The molecule has 1 aromatic carbocycles. The highest BCUT2D eigenvalue weighted by atomic mass is 32.1. The van der Waals surface area contributed by atoms with Crippen LogP contribution in [-0.2, 0) is 6.42 Å². The lowest BCUT2D eigenvalue weighted by molar-refractivity contribution is 0.104. The Kier molecular flexibility index (Phi) is 3.06. The second-order valence-corrected chi connectivity index (χ2v) is 4.74. The molecule has 1 heterocycles. The minimum Gasteiger partial charge on any atom is -0.399 e. The molecule has 0 radical (unpaired) electrons. The fourth-order valence-corrected chi connectivity index (χ4v) is 2.38. The Morgan fingerprint density at radius 2 is 1.88 bits per heavy atom. The molecule has 0 aliphatic rings. The predicted octanol–water partition coefficient (Wildman–Crippen LogP) is 3.12. The maximum Gasteiger partial charge on any atom is 0.202 e. The Hall–Kier alpha value is -1.61. The van der Waals surface area contributed by atoms with Crippen molar-refractivity contribution in [3.05, 3.63) is 51.7 Å². The Balaban J connectivity index is 2.28. The van der Waals surface area contributed by atoms with E-state index in [1.165, 1.54) is 4.88 Å². The van der Waals surface area contributed by atoms with Crippen molar-refractivity contribution in [2.75, 3.05) is 5.73 Å². The number of nitrogen functional groups attached to an aromatic ring is 1. The van der Waals surface area contributed by atoms with Crippen LogP contribution in [0.5, 0.6) is 0 Å². The predicted molar refractivity (Wildman–Crippen MR) is 68.0 cm³/mol. The highest BCUT2D eigenvalue weighted by Crippen LogP contribution is 2.20. The Bertz CT molecular complexity index is 499. The summed E-state index contributed by atoms with van der Waals surface area (Å²) in [5.41, 5.74) is 6.95. The van der Waals surface area contributed by atoms with E-state index in [1.54, 1.807) is 35.6 Å². The zero-order chi connectivity index (χ0) is 11.5. The third kappa shape index (κ3) is 2.14. The summed E-state index contributed by atoms with van der Waals surface area (Å²) in [7, 11) is 0. The molecule has 0 aliphatic carbocycles. The molecule has 0 saturated heterocycles. The summed E-state index contributed by atoms with van der Waals surface area (Å²) >= 11 is 1.56. The normalized spacial score (nSPS) is 10.3. The van der Waals surface area contributed by atoms with Crippen molar-refractivity contribution in [3.8, 4) is 0 Å². The minimum absolute atomic E-state index is 0.0738. The fourth-order valence-electron chi connectivity index (χ4n) is 1.47. The van der Waals surface area contributed by atoms with Crippen LogP contribution in [0.15, 0.2) is 36.4 Å². The van der Waals surface area contributed by atoms with Crippen molar-refractivity contribution in [1.82, 2.24) is 0 Å². The number of hydrogen-bond donors (Lipinski definition) is 1. The van der Waals surface area contributed by atoms with Crippen LogP contribution in [0.1, 0.15) is 27.0 Å². The van der Waals surface area contributed by atoms with E-state index in [0.717, 1.165) is 11.3 Å². The number of hydrogen-bond acceptors (Lipinski definition) is 3. The van der Waals surface area contributed by atoms with E-state index in [4.69, 9.17) is 5.73 Å². The number of rotatable bonds is 3. The van der Waals surface area contributed by atoms with E-state index < -0.39 is 0 Å². The van der Waals surface area contributed by atoms with Crippen LogP contribution in [0.25, 0.3) is 0 Å². The van der Waals surface area contributed by atoms with Gasteiger partial charge in [0, 0.05) is 16.1 Å². The molecule has 1 aromatic heterocycles. The second kappa shape index (κ2) is 4.49. The van der Waals surface area contributed by atoms with Crippen LogP contribution in [-0.4, -0.2) is 5.78 Å². The number of nitrogens with two attached hydrogens (primary N) is 1. The number of ketones is 1. The van der Waals surface area contributed by atoms with Crippen LogP contribution in [0.4, 0.5) is 5.69 Å². The van der Waals surface area contributed by atoms with Gasteiger partial charge in [0.1, 0.15) is 0 Å². The van der Waals surface area contributed by atoms with E-state index >= 15 is 0 Å². The van der Waals surface area contributed by atoms with Crippen LogP contribution in [0.2, 0.25) is 0 Å². The molecule has 2 aromatic rings. The smallest absolute Gasteiger partial charge is 0.202 e. The first-order valence-electron chi connectivity index (χ1n) is 5.19. The van der Waals surface area contributed by atoms with Gasteiger partial charge in [-0.1, -0.05) is 6.92 Å². The number of thiophene rings is 1. The minimum atomic E-state index is 0.0738. The average Bonchev–Trinajstić information content (AvgIpc) is 2.77. The molecular weight excluding hydrogens is 218 g/mol. The van der Waals surface area contributed by atoms with Gasteiger partial charge in [-0.15, -0.1) is 11.3 Å². The van der Waals surface area contributed by atoms with Gasteiger partial charge in [-0.05, 0) is 42.8 Å².